The number of nitro benzene ring substituents is 1. The molecule has 10 nitrogen and oxygen atoms in total. The van der Waals surface area contributed by atoms with Gasteiger partial charge in [0.2, 0.25) is 5.75 Å². The van der Waals surface area contributed by atoms with Crippen molar-refractivity contribution in [1.82, 2.24) is 5.43 Å². The quantitative estimate of drug-likeness (QED) is 0.446. The van der Waals surface area contributed by atoms with Crippen molar-refractivity contribution in [1.29, 1.82) is 0 Å². The summed E-state index contributed by atoms with van der Waals surface area (Å²) in [7, 11) is 0. The van der Waals surface area contributed by atoms with Gasteiger partial charge in [0.15, 0.2) is 18.1 Å². The number of nitro groups is 1. The highest BCUT2D eigenvalue weighted by Gasteiger charge is 2.17. The summed E-state index contributed by atoms with van der Waals surface area (Å²) >= 11 is 0. The van der Waals surface area contributed by atoms with E-state index in [4.69, 9.17) is 14.2 Å². The summed E-state index contributed by atoms with van der Waals surface area (Å²) in [5.41, 5.74) is 2.09. The summed E-state index contributed by atoms with van der Waals surface area (Å²) < 4.78 is 16.3. The SMILES string of the molecule is O=C(COc1cccc2c1OCCO2)N/N=C/c1cc([N+](=O)[O-])ccc1O. The number of nitrogens with one attached hydrogen (secondary N) is 1. The van der Waals surface area contributed by atoms with Gasteiger partial charge in [-0.25, -0.2) is 5.43 Å². The number of ether oxygens (including phenoxy) is 3. The van der Waals surface area contributed by atoms with Gasteiger partial charge >= 0.3 is 0 Å². The number of amides is 1. The summed E-state index contributed by atoms with van der Waals surface area (Å²) in [5, 5.41) is 24.1. The molecule has 1 aliphatic rings. The first kappa shape index (κ1) is 18.0. The molecule has 0 aliphatic carbocycles. The van der Waals surface area contributed by atoms with E-state index in [0.29, 0.717) is 30.5 Å². The number of carbonyl (C=O) groups is 1. The number of hydrogen-bond acceptors (Lipinski definition) is 8. The fraction of sp³-hybridized carbons (Fsp3) is 0.176. The van der Waals surface area contributed by atoms with E-state index < -0.39 is 10.8 Å². The first-order valence-corrected chi connectivity index (χ1v) is 7.85. The van der Waals surface area contributed by atoms with Crippen LogP contribution in [0.25, 0.3) is 0 Å². The number of benzene rings is 2. The van der Waals surface area contributed by atoms with Crippen LogP contribution in [0.4, 0.5) is 5.69 Å². The topological polar surface area (TPSA) is 133 Å². The van der Waals surface area contributed by atoms with E-state index >= 15 is 0 Å². The lowest BCUT2D eigenvalue weighted by Crippen LogP contribution is -2.25. The second-order valence-corrected chi connectivity index (χ2v) is 5.36. The fourth-order valence-corrected chi connectivity index (χ4v) is 2.27. The van der Waals surface area contributed by atoms with E-state index in [0.717, 1.165) is 18.3 Å². The molecule has 0 aromatic heterocycles. The lowest BCUT2D eigenvalue weighted by molar-refractivity contribution is -0.384. The Labute approximate surface area is 153 Å². The lowest BCUT2D eigenvalue weighted by Gasteiger charge is -2.20. The Kier molecular flexibility index (Phi) is 5.36. The Morgan fingerprint density at radius 3 is 2.96 bits per heavy atom. The number of nitrogens with zero attached hydrogens (tertiary/aromatic N) is 2. The van der Waals surface area contributed by atoms with Gasteiger partial charge in [-0.2, -0.15) is 5.10 Å². The van der Waals surface area contributed by atoms with Gasteiger partial charge in [-0.3, -0.25) is 14.9 Å². The van der Waals surface area contributed by atoms with Gasteiger partial charge < -0.3 is 19.3 Å². The first-order chi connectivity index (χ1) is 13.0. The van der Waals surface area contributed by atoms with Crippen LogP contribution in [0.2, 0.25) is 0 Å². The maximum Gasteiger partial charge on any atom is 0.277 e. The molecule has 0 radical (unpaired) electrons. The summed E-state index contributed by atoms with van der Waals surface area (Å²) in [6.07, 6.45) is 1.10. The van der Waals surface area contributed by atoms with Gasteiger partial charge in [-0.05, 0) is 18.2 Å². The van der Waals surface area contributed by atoms with Crippen LogP contribution in [0.1, 0.15) is 5.56 Å². The van der Waals surface area contributed by atoms with Crippen molar-refractivity contribution in [2.45, 2.75) is 0 Å². The van der Waals surface area contributed by atoms with Gasteiger partial charge in [-0.1, -0.05) is 6.07 Å². The Morgan fingerprint density at radius 2 is 2.15 bits per heavy atom. The average molecular weight is 373 g/mol. The molecule has 0 fully saturated rings. The minimum absolute atomic E-state index is 0.0908. The molecule has 2 aromatic carbocycles. The van der Waals surface area contributed by atoms with Crippen molar-refractivity contribution < 1.29 is 29.0 Å². The molecular weight excluding hydrogens is 358 g/mol. The van der Waals surface area contributed by atoms with Crippen LogP contribution in [-0.2, 0) is 4.79 Å². The third kappa shape index (κ3) is 4.42. The number of carbonyl (C=O) groups excluding carboxylic acids is 1. The third-order valence-corrected chi connectivity index (χ3v) is 3.50. The molecule has 0 saturated heterocycles. The number of non-ortho nitro benzene ring substituents is 1. The Bertz CT molecular complexity index is 898. The number of fused-ring (bicyclic) bond motifs is 1. The zero-order chi connectivity index (χ0) is 19.2. The van der Waals surface area contributed by atoms with E-state index in [1.165, 1.54) is 6.07 Å². The molecule has 1 amide bonds. The second kappa shape index (κ2) is 8.04. The highest BCUT2D eigenvalue weighted by Crippen LogP contribution is 2.38. The fourth-order valence-electron chi connectivity index (χ4n) is 2.27. The molecule has 1 aliphatic heterocycles. The lowest BCUT2D eigenvalue weighted by atomic mass is 10.2. The second-order valence-electron chi connectivity index (χ2n) is 5.36. The van der Waals surface area contributed by atoms with Crippen molar-refractivity contribution in [3.8, 4) is 23.0 Å². The number of aromatic hydroxyl groups is 1. The van der Waals surface area contributed by atoms with Gasteiger partial charge in [0.05, 0.1) is 11.1 Å². The number of para-hydroxylation sites is 1. The number of hydrazone groups is 1. The van der Waals surface area contributed by atoms with E-state index in [1.807, 2.05) is 0 Å². The maximum atomic E-state index is 11.8. The predicted molar refractivity (Wildman–Crippen MR) is 93.4 cm³/mol. The molecule has 0 spiro atoms. The highest BCUT2D eigenvalue weighted by atomic mass is 16.6. The number of phenols is 1. The smallest absolute Gasteiger partial charge is 0.277 e. The van der Waals surface area contributed by atoms with E-state index in [1.54, 1.807) is 18.2 Å². The Balaban J connectivity index is 1.57. The molecule has 0 saturated carbocycles. The van der Waals surface area contributed by atoms with Crippen molar-refractivity contribution in [3.63, 3.8) is 0 Å². The summed E-state index contributed by atoms with van der Waals surface area (Å²) in [6.45, 7) is 0.491. The van der Waals surface area contributed by atoms with Crippen LogP contribution in [0.15, 0.2) is 41.5 Å². The van der Waals surface area contributed by atoms with E-state index in [9.17, 15) is 20.0 Å². The van der Waals surface area contributed by atoms with E-state index in [-0.39, 0.29) is 23.6 Å². The molecule has 10 heteroatoms. The molecule has 3 rings (SSSR count). The number of rotatable bonds is 6. The van der Waals surface area contributed by atoms with Gasteiger partial charge in [0, 0.05) is 17.7 Å². The number of hydrogen-bond donors (Lipinski definition) is 2. The highest BCUT2D eigenvalue weighted by molar-refractivity contribution is 5.86. The maximum absolute atomic E-state index is 11.8. The molecule has 27 heavy (non-hydrogen) atoms. The molecular formula is C17H15N3O7. The van der Waals surface area contributed by atoms with Gasteiger partial charge in [0.25, 0.3) is 11.6 Å². The van der Waals surface area contributed by atoms with Crippen molar-refractivity contribution >= 4 is 17.8 Å². The zero-order valence-corrected chi connectivity index (χ0v) is 14.0. The third-order valence-electron chi connectivity index (χ3n) is 3.50. The first-order valence-electron chi connectivity index (χ1n) is 7.85. The minimum atomic E-state index is -0.602. The molecule has 140 valence electrons. The van der Waals surface area contributed by atoms with Crippen LogP contribution in [0.3, 0.4) is 0 Å². The van der Waals surface area contributed by atoms with Crippen LogP contribution >= 0.6 is 0 Å². The monoisotopic (exact) mass is 373 g/mol. The van der Waals surface area contributed by atoms with Gasteiger partial charge in [0.1, 0.15) is 19.0 Å². The van der Waals surface area contributed by atoms with Gasteiger partial charge in [-0.15, -0.1) is 0 Å². The average Bonchev–Trinajstić information content (AvgIpc) is 2.67. The van der Waals surface area contributed by atoms with Crippen molar-refractivity contribution in [3.05, 3.63) is 52.1 Å². The summed E-state index contributed by atoms with van der Waals surface area (Å²) in [4.78, 5) is 22.0. The van der Waals surface area contributed by atoms with Crippen molar-refractivity contribution in [2.24, 2.45) is 5.10 Å². The van der Waals surface area contributed by atoms with Crippen LogP contribution in [0, 0.1) is 10.1 Å². The van der Waals surface area contributed by atoms with Crippen LogP contribution < -0.4 is 19.6 Å². The predicted octanol–water partition coefficient (Wildman–Crippen LogP) is 1.60. The van der Waals surface area contributed by atoms with Crippen LogP contribution in [-0.4, -0.2) is 42.0 Å². The van der Waals surface area contributed by atoms with Crippen LogP contribution in [0.5, 0.6) is 23.0 Å². The Hall–Kier alpha value is -3.82. The summed E-state index contributed by atoms with van der Waals surface area (Å²) in [5.74, 6) is 0.566. The molecule has 0 atom stereocenters. The molecule has 0 unspecified atom stereocenters. The Morgan fingerprint density at radius 1 is 1.33 bits per heavy atom. The number of phenolic OH excluding ortho intramolecular Hbond substituents is 1. The summed E-state index contributed by atoms with van der Waals surface area (Å²) in [6, 6.07) is 8.55. The minimum Gasteiger partial charge on any atom is -0.507 e. The van der Waals surface area contributed by atoms with E-state index in [2.05, 4.69) is 10.5 Å². The molecule has 0 bridgehead atoms. The zero-order valence-electron chi connectivity index (χ0n) is 14.0. The standard InChI is InChI=1S/C17H15N3O7/c21-13-5-4-12(20(23)24)8-11(13)9-18-19-16(22)10-27-15-3-1-2-14-17(15)26-7-6-25-14/h1-5,8-9,21H,6-7,10H2,(H,19,22)/b18-9+. The molecule has 2 aromatic rings. The largest absolute Gasteiger partial charge is 0.507 e. The molecule has 1 heterocycles. The normalized spacial score (nSPS) is 12.6. The molecule has 2 N–H and O–H groups in total. The van der Waals surface area contributed by atoms with Crippen molar-refractivity contribution in [2.75, 3.05) is 19.8 Å².